The third-order valence-corrected chi connectivity index (χ3v) is 4.61. The second-order valence-corrected chi connectivity index (χ2v) is 6.69. The lowest BCUT2D eigenvalue weighted by atomic mass is 9.80. The SMILES string of the molecule is CC(C)C(CCN)c1ccc2c(c1)C(C)(C)C(=O)N2C. The molecule has 0 fully saturated rings. The lowest BCUT2D eigenvalue weighted by Crippen LogP contribution is -2.33. The van der Waals surface area contributed by atoms with Gasteiger partial charge in [0.1, 0.15) is 0 Å². The van der Waals surface area contributed by atoms with Gasteiger partial charge < -0.3 is 10.6 Å². The largest absolute Gasteiger partial charge is 0.330 e. The van der Waals surface area contributed by atoms with E-state index in [1.54, 1.807) is 4.90 Å². The van der Waals surface area contributed by atoms with Gasteiger partial charge in [-0.15, -0.1) is 0 Å². The first-order chi connectivity index (χ1) is 9.30. The number of nitrogens with zero attached hydrogens (tertiary/aromatic N) is 1. The third-order valence-electron chi connectivity index (χ3n) is 4.61. The summed E-state index contributed by atoms with van der Waals surface area (Å²) < 4.78 is 0. The number of likely N-dealkylation sites (N-methyl/N-ethyl adjacent to an activating group) is 1. The highest BCUT2D eigenvalue weighted by Gasteiger charge is 2.42. The van der Waals surface area contributed by atoms with Crippen molar-refractivity contribution in [1.29, 1.82) is 0 Å². The van der Waals surface area contributed by atoms with E-state index in [4.69, 9.17) is 5.73 Å². The maximum absolute atomic E-state index is 12.3. The molecule has 1 aliphatic rings. The Morgan fingerprint density at radius 1 is 1.30 bits per heavy atom. The molecule has 2 rings (SSSR count). The first-order valence-electron chi connectivity index (χ1n) is 7.43. The second-order valence-electron chi connectivity index (χ2n) is 6.69. The molecule has 110 valence electrons. The van der Waals surface area contributed by atoms with Crippen LogP contribution in [-0.4, -0.2) is 19.5 Å². The number of hydrogen-bond acceptors (Lipinski definition) is 2. The van der Waals surface area contributed by atoms with E-state index >= 15 is 0 Å². The highest BCUT2D eigenvalue weighted by Crippen LogP contribution is 2.42. The van der Waals surface area contributed by atoms with Gasteiger partial charge in [0, 0.05) is 12.7 Å². The molecule has 3 heteroatoms. The quantitative estimate of drug-likeness (QED) is 0.917. The van der Waals surface area contributed by atoms with E-state index in [0.29, 0.717) is 18.4 Å². The van der Waals surface area contributed by atoms with Gasteiger partial charge >= 0.3 is 0 Å². The molecule has 0 aliphatic carbocycles. The monoisotopic (exact) mass is 274 g/mol. The van der Waals surface area contributed by atoms with E-state index in [-0.39, 0.29) is 5.91 Å². The fourth-order valence-corrected chi connectivity index (χ4v) is 3.29. The van der Waals surface area contributed by atoms with Crippen LogP contribution in [0.3, 0.4) is 0 Å². The standard InChI is InChI=1S/C17H26N2O/c1-11(2)13(8-9-18)12-6-7-15-14(10-12)17(3,4)16(20)19(15)5/h6-7,10-11,13H,8-9,18H2,1-5H3. The Morgan fingerprint density at radius 2 is 1.95 bits per heavy atom. The van der Waals surface area contributed by atoms with Crippen LogP contribution in [0.4, 0.5) is 5.69 Å². The van der Waals surface area contributed by atoms with Crippen LogP contribution in [0.5, 0.6) is 0 Å². The van der Waals surface area contributed by atoms with Crippen molar-refractivity contribution in [3.8, 4) is 0 Å². The Kier molecular flexibility index (Phi) is 3.92. The van der Waals surface area contributed by atoms with E-state index in [1.165, 1.54) is 5.56 Å². The van der Waals surface area contributed by atoms with Crippen molar-refractivity contribution in [3.63, 3.8) is 0 Å². The summed E-state index contributed by atoms with van der Waals surface area (Å²) in [5.74, 6) is 1.18. The van der Waals surface area contributed by atoms with Gasteiger partial charge in [0.25, 0.3) is 0 Å². The summed E-state index contributed by atoms with van der Waals surface area (Å²) in [5.41, 5.74) is 8.82. The fourth-order valence-electron chi connectivity index (χ4n) is 3.29. The molecular formula is C17H26N2O. The topological polar surface area (TPSA) is 46.3 Å². The molecule has 1 aromatic rings. The molecule has 0 saturated carbocycles. The number of hydrogen-bond donors (Lipinski definition) is 1. The van der Waals surface area contributed by atoms with Crippen LogP contribution in [0.15, 0.2) is 18.2 Å². The molecule has 1 unspecified atom stereocenters. The van der Waals surface area contributed by atoms with Gasteiger partial charge in [-0.2, -0.15) is 0 Å². The van der Waals surface area contributed by atoms with E-state index in [0.717, 1.165) is 17.7 Å². The molecular weight excluding hydrogens is 248 g/mol. The van der Waals surface area contributed by atoms with Gasteiger partial charge in [-0.3, -0.25) is 4.79 Å². The lowest BCUT2D eigenvalue weighted by molar-refractivity contribution is -0.121. The summed E-state index contributed by atoms with van der Waals surface area (Å²) in [6.07, 6.45) is 0.987. The summed E-state index contributed by atoms with van der Waals surface area (Å²) in [6, 6.07) is 6.46. The van der Waals surface area contributed by atoms with Gasteiger partial charge in [0.2, 0.25) is 5.91 Å². The molecule has 0 aromatic heterocycles. The van der Waals surface area contributed by atoms with Crippen LogP contribution in [0.2, 0.25) is 0 Å². The molecule has 0 spiro atoms. The first-order valence-corrected chi connectivity index (χ1v) is 7.43. The first kappa shape index (κ1) is 15.0. The van der Waals surface area contributed by atoms with Gasteiger partial charge in [-0.1, -0.05) is 26.0 Å². The maximum Gasteiger partial charge on any atom is 0.236 e. The zero-order valence-electron chi connectivity index (χ0n) is 13.2. The number of amides is 1. The minimum Gasteiger partial charge on any atom is -0.330 e. The molecule has 2 N–H and O–H groups in total. The summed E-state index contributed by atoms with van der Waals surface area (Å²) in [7, 11) is 1.86. The van der Waals surface area contributed by atoms with Crippen LogP contribution in [0, 0.1) is 5.92 Å². The summed E-state index contributed by atoms with van der Waals surface area (Å²) in [6.45, 7) is 9.18. The number of rotatable bonds is 4. The van der Waals surface area contributed by atoms with Gasteiger partial charge in [0.05, 0.1) is 5.41 Å². The van der Waals surface area contributed by atoms with E-state index in [2.05, 4.69) is 32.0 Å². The second kappa shape index (κ2) is 5.21. The predicted octanol–water partition coefficient (Wildman–Crippen LogP) is 3.03. The highest BCUT2D eigenvalue weighted by atomic mass is 16.2. The smallest absolute Gasteiger partial charge is 0.236 e. The Labute approximate surface area is 122 Å². The lowest BCUT2D eigenvalue weighted by Gasteiger charge is -2.23. The van der Waals surface area contributed by atoms with Crippen LogP contribution in [-0.2, 0) is 10.2 Å². The number of nitrogens with two attached hydrogens (primary N) is 1. The zero-order valence-corrected chi connectivity index (χ0v) is 13.2. The predicted molar refractivity (Wildman–Crippen MR) is 84.1 cm³/mol. The van der Waals surface area contributed by atoms with E-state index in [1.807, 2.05) is 20.9 Å². The average Bonchev–Trinajstić information content (AvgIpc) is 2.57. The van der Waals surface area contributed by atoms with Crippen LogP contribution < -0.4 is 10.6 Å². The Bertz CT molecular complexity index is 520. The highest BCUT2D eigenvalue weighted by molar-refractivity contribution is 6.07. The van der Waals surface area contributed by atoms with Crippen molar-refractivity contribution >= 4 is 11.6 Å². The number of anilines is 1. The number of carbonyl (C=O) groups excluding carboxylic acids is 1. The van der Waals surface area contributed by atoms with Gasteiger partial charge in [-0.05, 0) is 55.8 Å². The summed E-state index contributed by atoms with van der Waals surface area (Å²) in [5, 5.41) is 0. The average molecular weight is 274 g/mol. The summed E-state index contributed by atoms with van der Waals surface area (Å²) >= 11 is 0. The molecule has 1 amide bonds. The molecule has 0 radical (unpaired) electrons. The van der Waals surface area contributed by atoms with E-state index < -0.39 is 5.41 Å². The molecule has 3 nitrogen and oxygen atoms in total. The Morgan fingerprint density at radius 3 is 2.50 bits per heavy atom. The molecule has 1 aromatic carbocycles. The van der Waals surface area contributed by atoms with Crippen molar-refractivity contribution < 1.29 is 4.79 Å². The Hall–Kier alpha value is -1.35. The van der Waals surface area contributed by atoms with E-state index in [9.17, 15) is 4.79 Å². The van der Waals surface area contributed by atoms with Crippen molar-refractivity contribution in [2.75, 3.05) is 18.5 Å². The van der Waals surface area contributed by atoms with Crippen molar-refractivity contribution in [2.45, 2.75) is 45.4 Å². The summed E-state index contributed by atoms with van der Waals surface area (Å²) in [4.78, 5) is 14.1. The molecule has 1 heterocycles. The molecule has 1 atom stereocenters. The van der Waals surface area contributed by atoms with Crippen molar-refractivity contribution in [3.05, 3.63) is 29.3 Å². The maximum atomic E-state index is 12.3. The Balaban J connectivity index is 2.47. The number of carbonyl (C=O) groups is 1. The third kappa shape index (κ3) is 2.24. The van der Waals surface area contributed by atoms with Crippen LogP contribution in [0.1, 0.15) is 51.2 Å². The van der Waals surface area contributed by atoms with Crippen molar-refractivity contribution in [2.24, 2.45) is 11.7 Å². The minimum absolute atomic E-state index is 0.171. The molecule has 1 aliphatic heterocycles. The van der Waals surface area contributed by atoms with Crippen LogP contribution in [0.25, 0.3) is 0 Å². The number of fused-ring (bicyclic) bond motifs is 1. The zero-order chi connectivity index (χ0) is 15.1. The normalized spacial score (nSPS) is 18.6. The fraction of sp³-hybridized carbons (Fsp3) is 0.588. The van der Waals surface area contributed by atoms with Crippen molar-refractivity contribution in [1.82, 2.24) is 0 Å². The number of benzene rings is 1. The molecule has 20 heavy (non-hydrogen) atoms. The van der Waals surface area contributed by atoms with Gasteiger partial charge in [-0.25, -0.2) is 0 Å². The van der Waals surface area contributed by atoms with Gasteiger partial charge in [0.15, 0.2) is 0 Å². The molecule has 0 saturated heterocycles. The molecule has 0 bridgehead atoms. The minimum atomic E-state index is -0.426. The van der Waals surface area contributed by atoms with Crippen LogP contribution >= 0.6 is 0 Å².